The Bertz CT molecular complexity index is 319. The quantitative estimate of drug-likeness (QED) is 0.687. The van der Waals surface area contributed by atoms with Crippen LogP contribution in [0.4, 0.5) is 0 Å². The number of halogens is 1. The third-order valence-corrected chi connectivity index (χ3v) is 2.05. The van der Waals surface area contributed by atoms with Crippen molar-refractivity contribution < 1.29 is 4.79 Å². The molecule has 1 aromatic heterocycles. The minimum Gasteiger partial charge on any atom is -0.324 e. The highest BCUT2D eigenvalue weighted by Crippen LogP contribution is 2.19. The number of carbonyl (C=O) groups excluding carboxylic acids is 1. The van der Waals surface area contributed by atoms with Crippen molar-refractivity contribution in [1.29, 1.82) is 0 Å². The number of ketones is 1. The molecule has 12 heavy (non-hydrogen) atoms. The molecule has 0 saturated carbocycles. The predicted molar refractivity (Wildman–Crippen MR) is 46.3 cm³/mol. The highest BCUT2D eigenvalue weighted by atomic mass is 35.5. The lowest BCUT2D eigenvalue weighted by Gasteiger charge is -1.97. The number of aryl methyl sites for hydroxylation is 2. The van der Waals surface area contributed by atoms with Gasteiger partial charge in [0.05, 0.1) is 17.3 Å². The maximum Gasteiger partial charge on any atom is 0.195 e. The van der Waals surface area contributed by atoms with Crippen molar-refractivity contribution in [2.45, 2.75) is 6.92 Å². The first kappa shape index (κ1) is 9.22. The third-order valence-electron chi connectivity index (χ3n) is 1.60. The molecule has 1 heterocycles. The lowest BCUT2D eigenvalue weighted by molar-refractivity contribution is 0.0992. The van der Waals surface area contributed by atoms with E-state index in [9.17, 15) is 4.79 Å². The fraction of sp³-hybridized carbons (Fsp3) is 0.429. The Morgan fingerprint density at radius 3 is 2.67 bits per heavy atom. The van der Waals surface area contributed by atoms with E-state index in [-0.39, 0.29) is 12.3 Å². The van der Waals surface area contributed by atoms with Gasteiger partial charge in [0.1, 0.15) is 5.69 Å². The van der Waals surface area contributed by atoms with Gasteiger partial charge >= 0.3 is 0 Å². The van der Waals surface area contributed by atoms with Crippen LogP contribution in [0.15, 0.2) is 0 Å². The van der Waals surface area contributed by atoms with Crippen LogP contribution in [0.5, 0.6) is 0 Å². The summed E-state index contributed by atoms with van der Waals surface area (Å²) in [5, 5.41) is 4.38. The summed E-state index contributed by atoms with van der Waals surface area (Å²) in [6, 6.07) is 0. The normalized spacial score (nSPS) is 10.3. The number of nitrogens with zero attached hydrogens (tertiary/aromatic N) is 2. The molecule has 0 aliphatic carbocycles. The Morgan fingerprint density at radius 1 is 1.75 bits per heavy atom. The minimum atomic E-state index is -0.192. The molecular weight excluding hydrogens is 178 g/mol. The second kappa shape index (κ2) is 3.25. The van der Waals surface area contributed by atoms with Crippen molar-refractivity contribution in [2.24, 2.45) is 12.8 Å². The van der Waals surface area contributed by atoms with E-state index in [1.807, 2.05) is 0 Å². The van der Waals surface area contributed by atoms with E-state index in [0.29, 0.717) is 16.4 Å². The van der Waals surface area contributed by atoms with Gasteiger partial charge in [0.2, 0.25) is 0 Å². The summed E-state index contributed by atoms with van der Waals surface area (Å²) in [7, 11) is 1.67. The Morgan fingerprint density at radius 2 is 2.33 bits per heavy atom. The molecule has 0 fully saturated rings. The predicted octanol–water partition coefficient (Wildman–Crippen LogP) is 0.523. The molecule has 0 spiro atoms. The molecule has 1 aromatic rings. The molecule has 4 nitrogen and oxygen atoms in total. The Labute approximate surface area is 75.3 Å². The van der Waals surface area contributed by atoms with Gasteiger partial charge in [-0.3, -0.25) is 9.48 Å². The average molecular weight is 188 g/mol. The highest BCUT2D eigenvalue weighted by molar-refractivity contribution is 6.34. The number of hydrogen-bond donors (Lipinski definition) is 1. The van der Waals surface area contributed by atoms with Crippen LogP contribution in [0.25, 0.3) is 0 Å². The number of carbonyl (C=O) groups is 1. The first-order valence-electron chi connectivity index (χ1n) is 3.50. The topological polar surface area (TPSA) is 60.9 Å². The van der Waals surface area contributed by atoms with Crippen LogP contribution in [0.3, 0.4) is 0 Å². The van der Waals surface area contributed by atoms with E-state index in [1.165, 1.54) is 4.68 Å². The number of rotatable bonds is 2. The first-order chi connectivity index (χ1) is 5.57. The molecule has 66 valence electrons. The summed E-state index contributed by atoms with van der Waals surface area (Å²) in [5.41, 5.74) is 6.24. The zero-order valence-electron chi connectivity index (χ0n) is 6.97. The van der Waals surface area contributed by atoms with Crippen LogP contribution in [-0.2, 0) is 7.05 Å². The summed E-state index contributed by atoms with van der Waals surface area (Å²) in [6.07, 6.45) is 0. The van der Waals surface area contributed by atoms with E-state index in [2.05, 4.69) is 5.10 Å². The van der Waals surface area contributed by atoms with E-state index in [4.69, 9.17) is 17.3 Å². The summed E-state index contributed by atoms with van der Waals surface area (Å²) in [4.78, 5) is 11.2. The van der Waals surface area contributed by atoms with Crippen LogP contribution < -0.4 is 5.73 Å². The van der Waals surface area contributed by atoms with Crippen molar-refractivity contribution in [3.05, 3.63) is 16.4 Å². The number of nitrogens with two attached hydrogens (primary N) is 1. The maximum atomic E-state index is 11.2. The number of hydrogen-bond acceptors (Lipinski definition) is 3. The first-order valence-corrected chi connectivity index (χ1v) is 3.88. The smallest absolute Gasteiger partial charge is 0.195 e. The van der Waals surface area contributed by atoms with Crippen LogP contribution in [0, 0.1) is 6.92 Å². The van der Waals surface area contributed by atoms with Gasteiger partial charge in [-0.15, -0.1) is 0 Å². The molecule has 0 atom stereocenters. The second-order valence-corrected chi connectivity index (χ2v) is 2.88. The molecule has 0 saturated heterocycles. The Hall–Kier alpha value is -0.870. The van der Waals surface area contributed by atoms with Crippen molar-refractivity contribution in [2.75, 3.05) is 6.54 Å². The molecule has 0 aliphatic rings. The average Bonchev–Trinajstić information content (AvgIpc) is 2.26. The lowest BCUT2D eigenvalue weighted by Crippen LogP contribution is -2.17. The van der Waals surface area contributed by atoms with Crippen molar-refractivity contribution in [1.82, 2.24) is 9.78 Å². The van der Waals surface area contributed by atoms with Gasteiger partial charge in [-0.25, -0.2) is 0 Å². The lowest BCUT2D eigenvalue weighted by atomic mass is 10.2. The van der Waals surface area contributed by atoms with Crippen LogP contribution in [0.2, 0.25) is 5.02 Å². The van der Waals surface area contributed by atoms with Gasteiger partial charge in [0.25, 0.3) is 0 Å². The van der Waals surface area contributed by atoms with Crippen LogP contribution >= 0.6 is 11.6 Å². The van der Waals surface area contributed by atoms with E-state index in [0.717, 1.165) is 0 Å². The minimum absolute atomic E-state index is 0.0430. The summed E-state index contributed by atoms with van der Waals surface area (Å²) < 4.78 is 1.45. The number of Topliss-reactive ketones (excluding diaryl/α,β-unsaturated/α-hetero) is 1. The summed E-state index contributed by atoms with van der Waals surface area (Å²) in [6.45, 7) is 1.70. The standard InChI is InChI=1S/C7H10ClN3O/c1-4-6(8)7(5(12)3-9)11(2)10-4/h3,9H2,1-2H3. The SMILES string of the molecule is Cc1nn(C)c(C(=O)CN)c1Cl. The van der Waals surface area contributed by atoms with Crippen LogP contribution in [0.1, 0.15) is 16.2 Å². The summed E-state index contributed by atoms with van der Waals surface area (Å²) in [5.74, 6) is -0.192. The zero-order chi connectivity index (χ0) is 9.30. The van der Waals surface area contributed by atoms with Crippen molar-refractivity contribution in [3.63, 3.8) is 0 Å². The van der Waals surface area contributed by atoms with Gasteiger partial charge in [0.15, 0.2) is 5.78 Å². The van der Waals surface area contributed by atoms with Gasteiger partial charge < -0.3 is 5.73 Å². The fourth-order valence-corrected chi connectivity index (χ4v) is 1.30. The molecule has 0 bridgehead atoms. The molecule has 0 radical (unpaired) electrons. The molecular formula is C7H10ClN3O. The fourth-order valence-electron chi connectivity index (χ4n) is 1.03. The molecule has 0 aliphatic heterocycles. The monoisotopic (exact) mass is 187 g/mol. The second-order valence-electron chi connectivity index (χ2n) is 2.50. The van der Waals surface area contributed by atoms with Gasteiger partial charge in [-0.1, -0.05) is 11.6 Å². The molecule has 2 N–H and O–H groups in total. The van der Waals surface area contributed by atoms with E-state index >= 15 is 0 Å². The van der Waals surface area contributed by atoms with E-state index < -0.39 is 0 Å². The summed E-state index contributed by atoms with van der Waals surface area (Å²) >= 11 is 5.83. The molecule has 5 heteroatoms. The van der Waals surface area contributed by atoms with E-state index in [1.54, 1.807) is 14.0 Å². The van der Waals surface area contributed by atoms with Gasteiger partial charge in [-0.2, -0.15) is 5.10 Å². The maximum absolute atomic E-state index is 11.2. The molecule has 0 aromatic carbocycles. The Kier molecular flexibility index (Phi) is 2.49. The molecule has 0 amide bonds. The molecule has 0 unspecified atom stereocenters. The van der Waals surface area contributed by atoms with Crippen LogP contribution in [-0.4, -0.2) is 22.1 Å². The Balaban J connectivity index is 3.22. The third kappa shape index (κ3) is 1.35. The van der Waals surface area contributed by atoms with Crippen molar-refractivity contribution >= 4 is 17.4 Å². The molecule has 1 rings (SSSR count). The number of aromatic nitrogens is 2. The largest absolute Gasteiger partial charge is 0.324 e. The van der Waals surface area contributed by atoms with Gasteiger partial charge in [0, 0.05) is 7.05 Å². The van der Waals surface area contributed by atoms with Gasteiger partial charge in [-0.05, 0) is 6.92 Å². The zero-order valence-corrected chi connectivity index (χ0v) is 7.72. The van der Waals surface area contributed by atoms with Crippen molar-refractivity contribution in [3.8, 4) is 0 Å². The highest BCUT2D eigenvalue weighted by Gasteiger charge is 2.16.